The molecule has 1 fully saturated rings. The molecule has 1 atom stereocenters. The van der Waals surface area contributed by atoms with Crippen LogP contribution in [0.1, 0.15) is 30.1 Å². The second kappa shape index (κ2) is 6.76. The molecule has 0 spiro atoms. The zero-order chi connectivity index (χ0) is 17.2. The third-order valence-electron chi connectivity index (χ3n) is 4.71. The highest BCUT2D eigenvalue weighted by Gasteiger charge is 2.27. The van der Waals surface area contributed by atoms with Crippen molar-refractivity contribution in [1.82, 2.24) is 29.8 Å². The topological polar surface area (TPSA) is 72.9 Å². The molecule has 0 bridgehead atoms. The second-order valence-electron chi connectivity index (χ2n) is 6.63. The molecule has 3 aromatic heterocycles. The molecule has 1 aliphatic rings. The van der Waals surface area contributed by atoms with E-state index in [1.807, 2.05) is 19.1 Å². The maximum Gasteiger partial charge on any atom is 0.241 e. The molecule has 1 saturated heterocycles. The zero-order valence-electron chi connectivity index (χ0n) is 14.6. The summed E-state index contributed by atoms with van der Waals surface area (Å²) in [5.41, 5.74) is 3.15. The first-order chi connectivity index (χ1) is 12.2. The predicted molar refractivity (Wildman–Crippen MR) is 92.7 cm³/mol. The summed E-state index contributed by atoms with van der Waals surface area (Å²) in [5.74, 6) is 1.25. The molecule has 0 N–H and O–H groups in total. The van der Waals surface area contributed by atoms with Gasteiger partial charge in [0.25, 0.3) is 0 Å². The van der Waals surface area contributed by atoms with Crippen molar-refractivity contribution >= 4 is 0 Å². The largest absolute Gasteiger partial charge is 0.338 e. The van der Waals surface area contributed by atoms with E-state index in [0.29, 0.717) is 24.3 Å². The van der Waals surface area contributed by atoms with Crippen molar-refractivity contribution in [3.05, 3.63) is 47.9 Å². The first kappa shape index (κ1) is 16.0. The number of pyridine rings is 1. The summed E-state index contributed by atoms with van der Waals surface area (Å²) < 4.78 is 7.56. The van der Waals surface area contributed by atoms with Gasteiger partial charge in [0.05, 0.1) is 18.8 Å². The zero-order valence-corrected chi connectivity index (χ0v) is 14.6. The Morgan fingerprint density at radius 1 is 1.32 bits per heavy atom. The lowest BCUT2D eigenvalue weighted by molar-refractivity contribution is 0.191. The molecule has 0 amide bonds. The Hall–Kier alpha value is -2.54. The highest BCUT2D eigenvalue weighted by molar-refractivity contribution is 5.51. The van der Waals surface area contributed by atoms with Crippen LogP contribution >= 0.6 is 0 Å². The molecule has 0 radical (unpaired) electrons. The highest BCUT2D eigenvalue weighted by Crippen LogP contribution is 2.22. The Labute approximate surface area is 146 Å². The van der Waals surface area contributed by atoms with Crippen molar-refractivity contribution in [3.63, 3.8) is 0 Å². The lowest BCUT2D eigenvalue weighted by Crippen LogP contribution is -2.33. The fourth-order valence-corrected chi connectivity index (χ4v) is 3.47. The Balaban J connectivity index is 1.45. The SMILES string of the molecule is Cc1cc(C)n(C[C@H]2CCCN2Cc2nc(-c3cccnc3)no2)n1. The monoisotopic (exact) mass is 338 g/mol. The molecule has 1 aliphatic heterocycles. The normalized spacial score (nSPS) is 18.1. The summed E-state index contributed by atoms with van der Waals surface area (Å²) in [4.78, 5) is 11.0. The fraction of sp³-hybridized carbons (Fsp3) is 0.444. The van der Waals surface area contributed by atoms with Gasteiger partial charge in [0.2, 0.25) is 11.7 Å². The van der Waals surface area contributed by atoms with Gasteiger partial charge in [-0.15, -0.1) is 0 Å². The third-order valence-corrected chi connectivity index (χ3v) is 4.71. The first-order valence-electron chi connectivity index (χ1n) is 8.67. The lowest BCUT2D eigenvalue weighted by atomic mass is 10.2. The van der Waals surface area contributed by atoms with E-state index in [-0.39, 0.29) is 0 Å². The number of nitrogens with zero attached hydrogens (tertiary/aromatic N) is 6. The van der Waals surface area contributed by atoms with E-state index in [9.17, 15) is 0 Å². The number of rotatable bonds is 5. The van der Waals surface area contributed by atoms with Crippen LogP contribution in [-0.2, 0) is 13.1 Å². The molecule has 130 valence electrons. The minimum Gasteiger partial charge on any atom is -0.338 e. The van der Waals surface area contributed by atoms with Crippen LogP contribution in [0.15, 0.2) is 35.1 Å². The van der Waals surface area contributed by atoms with Crippen LogP contribution in [0.5, 0.6) is 0 Å². The fourth-order valence-electron chi connectivity index (χ4n) is 3.47. The molecule has 0 unspecified atom stereocenters. The van der Waals surface area contributed by atoms with Gasteiger partial charge < -0.3 is 4.52 Å². The van der Waals surface area contributed by atoms with Crippen molar-refractivity contribution in [3.8, 4) is 11.4 Å². The van der Waals surface area contributed by atoms with Gasteiger partial charge in [-0.3, -0.25) is 14.6 Å². The molecule has 0 aromatic carbocycles. The van der Waals surface area contributed by atoms with E-state index in [0.717, 1.165) is 24.3 Å². The number of hydrogen-bond donors (Lipinski definition) is 0. The van der Waals surface area contributed by atoms with Gasteiger partial charge in [-0.25, -0.2) is 0 Å². The van der Waals surface area contributed by atoms with E-state index in [4.69, 9.17) is 4.52 Å². The number of aromatic nitrogens is 5. The van der Waals surface area contributed by atoms with Gasteiger partial charge >= 0.3 is 0 Å². The predicted octanol–water partition coefficient (Wildman–Crippen LogP) is 2.61. The second-order valence-corrected chi connectivity index (χ2v) is 6.63. The molecule has 7 heteroatoms. The van der Waals surface area contributed by atoms with E-state index in [2.05, 4.69) is 42.8 Å². The van der Waals surface area contributed by atoms with Crippen molar-refractivity contribution in [1.29, 1.82) is 0 Å². The summed E-state index contributed by atoms with van der Waals surface area (Å²) >= 11 is 0. The molecular weight excluding hydrogens is 316 g/mol. The maximum absolute atomic E-state index is 5.45. The van der Waals surface area contributed by atoms with E-state index in [1.54, 1.807) is 12.4 Å². The van der Waals surface area contributed by atoms with Crippen LogP contribution < -0.4 is 0 Å². The average Bonchev–Trinajstić information content (AvgIpc) is 3.32. The minimum absolute atomic E-state index is 0.451. The Morgan fingerprint density at radius 2 is 2.24 bits per heavy atom. The minimum atomic E-state index is 0.451. The first-order valence-corrected chi connectivity index (χ1v) is 8.67. The molecule has 7 nitrogen and oxygen atoms in total. The van der Waals surface area contributed by atoms with E-state index in [1.165, 1.54) is 18.5 Å². The lowest BCUT2D eigenvalue weighted by Gasteiger charge is -2.23. The Bertz CT molecular complexity index is 840. The molecule has 4 heterocycles. The molecule has 0 aliphatic carbocycles. The highest BCUT2D eigenvalue weighted by atomic mass is 16.5. The third kappa shape index (κ3) is 3.46. The smallest absolute Gasteiger partial charge is 0.241 e. The van der Waals surface area contributed by atoms with Gasteiger partial charge in [0, 0.05) is 29.7 Å². The number of likely N-dealkylation sites (tertiary alicyclic amines) is 1. The van der Waals surface area contributed by atoms with Gasteiger partial charge in [0.15, 0.2) is 0 Å². The van der Waals surface area contributed by atoms with E-state index >= 15 is 0 Å². The van der Waals surface area contributed by atoms with Crippen LogP contribution in [0.25, 0.3) is 11.4 Å². The summed E-state index contributed by atoms with van der Waals surface area (Å²) in [5, 5.41) is 8.68. The number of hydrogen-bond acceptors (Lipinski definition) is 6. The van der Waals surface area contributed by atoms with Gasteiger partial charge in [-0.05, 0) is 51.4 Å². The Morgan fingerprint density at radius 3 is 3.00 bits per heavy atom. The van der Waals surface area contributed by atoms with Crippen molar-refractivity contribution in [2.24, 2.45) is 0 Å². The summed E-state index contributed by atoms with van der Waals surface area (Å²) in [7, 11) is 0. The van der Waals surface area contributed by atoms with Gasteiger partial charge in [-0.1, -0.05) is 5.16 Å². The van der Waals surface area contributed by atoms with Crippen LogP contribution in [0.3, 0.4) is 0 Å². The van der Waals surface area contributed by atoms with Crippen molar-refractivity contribution < 1.29 is 4.52 Å². The van der Waals surface area contributed by atoms with Gasteiger partial charge in [0.1, 0.15) is 0 Å². The molecular formula is C18H22N6O. The van der Waals surface area contributed by atoms with Crippen molar-refractivity contribution in [2.45, 2.75) is 45.8 Å². The molecule has 25 heavy (non-hydrogen) atoms. The molecule has 4 rings (SSSR count). The van der Waals surface area contributed by atoms with Crippen molar-refractivity contribution in [2.75, 3.05) is 6.54 Å². The van der Waals surface area contributed by atoms with E-state index < -0.39 is 0 Å². The quantitative estimate of drug-likeness (QED) is 0.712. The van der Waals surface area contributed by atoms with Crippen LogP contribution in [-0.4, -0.2) is 42.4 Å². The van der Waals surface area contributed by atoms with Crippen LogP contribution in [0, 0.1) is 13.8 Å². The summed E-state index contributed by atoms with van der Waals surface area (Å²) in [6.45, 7) is 6.78. The standard InChI is InChI=1S/C18H22N6O/c1-13-9-14(2)24(21-13)11-16-6-4-8-23(16)12-17-20-18(22-25-17)15-5-3-7-19-10-15/h3,5,7,9-10,16H,4,6,8,11-12H2,1-2H3/t16-/m1/s1. The Kier molecular flexibility index (Phi) is 4.31. The van der Waals surface area contributed by atoms with Crippen LogP contribution in [0.2, 0.25) is 0 Å². The average molecular weight is 338 g/mol. The number of aryl methyl sites for hydroxylation is 2. The molecule has 3 aromatic rings. The molecule has 0 saturated carbocycles. The summed E-state index contributed by atoms with van der Waals surface area (Å²) in [6, 6.07) is 6.38. The summed E-state index contributed by atoms with van der Waals surface area (Å²) in [6.07, 6.45) is 5.84. The van der Waals surface area contributed by atoms with Gasteiger partial charge in [-0.2, -0.15) is 10.1 Å². The maximum atomic E-state index is 5.45. The van der Waals surface area contributed by atoms with Crippen LogP contribution in [0.4, 0.5) is 0 Å².